The molecular formula is C30H22Cl2N2O5S. The summed E-state index contributed by atoms with van der Waals surface area (Å²) in [7, 11) is -3.36. The summed E-state index contributed by atoms with van der Waals surface area (Å²) in [4.78, 5) is 26.0. The van der Waals surface area contributed by atoms with Crippen LogP contribution >= 0.6 is 23.2 Å². The number of carboxylic acid groups (broad SMARTS) is 1. The van der Waals surface area contributed by atoms with E-state index in [4.69, 9.17) is 23.2 Å². The molecule has 0 unspecified atom stereocenters. The molecule has 7 nitrogen and oxygen atoms in total. The molecule has 0 fully saturated rings. The topological polar surface area (TPSA) is 105 Å². The van der Waals surface area contributed by atoms with Crippen molar-refractivity contribution >= 4 is 61.5 Å². The first-order chi connectivity index (χ1) is 19.0. The molecule has 2 N–H and O–H groups in total. The number of sulfone groups is 1. The van der Waals surface area contributed by atoms with Crippen molar-refractivity contribution in [3.63, 3.8) is 0 Å². The number of aromatic carboxylic acids is 1. The van der Waals surface area contributed by atoms with Crippen LogP contribution in [0.2, 0.25) is 10.0 Å². The first-order valence-electron chi connectivity index (χ1n) is 12.0. The van der Waals surface area contributed by atoms with Gasteiger partial charge in [-0.3, -0.25) is 4.79 Å². The number of carbonyl (C=O) groups excluding carboxylic acids is 1. The van der Waals surface area contributed by atoms with Crippen molar-refractivity contribution in [3.05, 3.63) is 118 Å². The van der Waals surface area contributed by atoms with Gasteiger partial charge in [0.15, 0.2) is 15.5 Å². The molecular weight excluding hydrogens is 571 g/mol. The molecule has 0 bridgehead atoms. The van der Waals surface area contributed by atoms with E-state index in [2.05, 4.69) is 5.32 Å². The van der Waals surface area contributed by atoms with Crippen LogP contribution in [0.3, 0.4) is 0 Å². The molecule has 4 aromatic carbocycles. The normalized spacial score (nSPS) is 11.5. The average molecular weight is 593 g/mol. The van der Waals surface area contributed by atoms with E-state index < -0.39 is 21.7 Å². The lowest BCUT2D eigenvalue weighted by Gasteiger charge is -2.11. The second-order valence-corrected chi connectivity index (χ2v) is 12.1. The standard InChI is InChI=1S/C30H22Cl2N2O5S/c1-40(38,39)24-12-7-19(8-13-24)21-9-14-25-26(16-21)34(17-18-3-2-4-23(32)15-18)28(30(36)37)27(25)33-29(35)20-5-10-22(31)11-6-20/h2-16H,17H2,1H3,(H,33,35)(H,36,37). The lowest BCUT2D eigenvalue weighted by Crippen LogP contribution is -2.16. The lowest BCUT2D eigenvalue weighted by molar-refractivity contribution is 0.0687. The fourth-order valence-electron chi connectivity index (χ4n) is 4.54. The van der Waals surface area contributed by atoms with Crippen molar-refractivity contribution in [1.29, 1.82) is 0 Å². The average Bonchev–Trinajstić information content (AvgIpc) is 3.21. The van der Waals surface area contributed by atoms with Gasteiger partial charge in [-0.2, -0.15) is 0 Å². The molecule has 5 rings (SSSR count). The Hall–Kier alpha value is -4.11. The van der Waals surface area contributed by atoms with Crippen molar-refractivity contribution in [3.8, 4) is 11.1 Å². The molecule has 1 heterocycles. The van der Waals surface area contributed by atoms with Crippen LogP contribution in [0, 0.1) is 0 Å². The first kappa shape index (κ1) is 27.5. The Morgan fingerprint density at radius 1 is 0.850 bits per heavy atom. The summed E-state index contributed by atoms with van der Waals surface area (Å²) < 4.78 is 25.4. The van der Waals surface area contributed by atoms with Gasteiger partial charge in [0, 0.05) is 33.8 Å². The smallest absolute Gasteiger partial charge is 0.354 e. The van der Waals surface area contributed by atoms with Gasteiger partial charge in [-0.1, -0.05) is 59.6 Å². The molecule has 0 radical (unpaired) electrons. The van der Waals surface area contributed by atoms with Gasteiger partial charge in [0.05, 0.1) is 16.1 Å². The van der Waals surface area contributed by atoms with Crippen LogP contribution in [-0.2, 0) is 16.4 Å². The molecule has 202 valence electrons. The van der Waals surface area contributed by atoms with Gasteiger partial charge in [0.2, 0.25) is 0 Å². The summed E-state index contributed by atoms with van der Waals surface area (Å²) in [6.07, 6.45) is 1.14. The third kappa shape index (κ3) is 5.60. The van der Waals surface area contributed by atoms with Crippen LogP contribution in [0.4, 0.5) is 5.69 Å². The number of fused-ring (bicyclic) bond motifs is 1. The molecule has 0 atom stereocenters. The number of halogens is 2. The van der Waals surface area contributed by atoms with Crippen molar-refractivity contribution in [2.24, 2.45) is 0 Å². The van der Waals surface area contributed by atoms with Crippen molar-refractivity contribution in [1.82, 2.24) is 4.57 Å². The molecule has 1 aromatic heterocycles. The molecule has 5 aromatic rings. The fourth-order valence-corrected chi connectivity index (χ4v) is 5.51. The van der Waals surface area contributed by atoms with E-state index in [-0.39, 0.29) is 22.8 Å². The van der Waals surface area contributed by atoms with Crippen molar-refractivity contribution < 1.29 is 23.1 Å². The number of carbonyl (C=O) groups is 2. The van der Waals surface area contributed by atoms with E-state index in [1.165, 1.54) is 12.1 Å². The van der Waals surface area contributed by atoms with Crippen LogP contribution in [0.5, 0.6) is 0 Å². The predicted molar refractivity (Wildman–Crippen MR) is 157 cm³/mol. The number of nitrogens with one attached hydrogen (secondary N) is 1. The van der Waals surface area contributed by atoms with Gasteiger partial charge in [-0.05, 0) is 71.3 Å². The zero-order valence-electron chi connectivity index (χ0n) is 21.1. The van der Waals surface area contributed by atoms with Gasteiger partial charge in [-0.15, -0.1) is 0 Å². The molecule has 0 saturated carbocycles. The second kappa shape index (κ2) is 10.8. The summed E-state index contributed by atoms with van der Waals surface area (Å²) in [5.74, 6) is -1.70. The molecule has 0 aliphatic carbocycles. The highest BCUT2D eigenvalue weighted by molar-refractivity contribution is 7.90. The number of rotatable bonds is 7. The molecule has 40 heavy (non-hydrogen) atoms. The largest absolute Gasteiger partial charge is 0.477 e. The minimum absolute atomic E-state index is 0.0955. The van der Waals surface area contributed by atoms with Crippen LogP contribution in [0.15, 0.2) is 95.9 Å². The SMILES string of the molecule is CS(=O)(=O)c1ccc(-c2ccc3c(NC(=O)c4ccc(Cl)cc4)c(C(=O)O)n(Cc4cccc(Cl)c4)c3c2)cc1. The van der Waals surface area contributed by atoms with Crippen LogP contribution < -0.4 is 5.32 Å². The Morgan fingerprint density at radius 2 is 1.52 bits per heavy atom. The summed E-state index contributed by atoms with van der Waals surface area (Å²) in [6.45, 7) is 0.173. The number of hydrogen-bond acceptors (Lipinski definition) is 4. The fraction of sp³-hybridized carbons (Fsp3) is 0.0667. The van der Waals surface area contributed by atoms with Crippen LogP contribution in [-0.4, -0.2) is 36.2 Å². The van der Waals surface area contributed by atoms with Gasteiger partial charge in [0.1, 0.15) is 0 Å². The third-order valence-corrected chi connectivity index (χ3v) is 8.07. The van der Waals surface area contributed by atoms with E-state index in [1.807, 2.05) is 12.1 Å². The van der Waals surface area contributed by atoms with Gasteiger partial charge in [0.25, 0.3) is 5.91 Å². The molecule has 0 aliphatic rings. The summed E-state index contributed by atoms with van der Waals surface area (Å²) in [5.41, 5.74) is 3.20. The highest BCUT2D eigenvalue weighted by Gasteiger charge is 2.25. The Kier molecular flexibility index (Phi) is 7.42. The number of anilines is 1. The highest BCUT2D eigenvalue weighted by Crippen LogP contribution is 2.36. The Labute approximate surface area is 240 Å². The summed E-state index contributed by atoms with van der Waals surface area (Å²) in [5, 5.41) is 14.6. The quantitative estimate of drug-likeness (QED) is 0.211. The van der Waals surface area contributed by atoms with Crippen LogP contribution in [0.25, 0.3) is 22.0 Å². The number of nitrogens with zero attached hydrogens (tertiary/aromatic N) is 1. The van der Waals surface area contributed by atoms with Crippen molar-refractivity contribution in [2.75, 3.05) is 11.6 Å². The third-order valence-electron chi connectivity index (χ3n) is 6.46. The number of aromatic nitrogens is 1. The Balaban J connectivity index is 1.68. The summed E-state index contributed by atoms with van der Waals surface area (Å²) in [6, 6.07) is 25.2. The van der Waals surface area contributed by atoms with E-state index in [9.17, 15) is 23.1 Å². The molecule has 10 heteroatoms. The number of amides is 1. The second-order valence-electron chi connectivity index (χ2n) is 9.23. The van der Waals surface area contributed by atoms with E-state index in [0.717, 1.165) is 22.9 Å². The minimum Gasteiger partial charge on any atom is -0.477 e. The van der Waals surface area contributed by atoms with E-state index in [1.54, 1.807) is 71.3 Å². The maximum atomic E-state index is 13.1. The van der Waals surface area contributed by atoms with Gasteiger partial charge in [-0.25, -0.2) is 13.2 Å². The van der Waals surface area contributed by atoms with E-state index in [0.29, 0.717) is 26.5 Å². The highest BCUT2D eigenvalue weighted by atomic mass is 35.5. The first-order valence-corrected chi connectivity index (χ1v) is 14.7. The Bertz CT molecular complexity index is 1880. The van der Waals surface area contributed by atoms with Gasteiger partial charge < -0.3 is 15.0 Å². The number of carboxylic acids is 1. The maximum Gasteiger partial charge on any atom is 0.354 e. The predicted octanol–water partition coefficient (Wildman–Crippen LogP) is 7.02. The monoisotopic (exact) mass is 592 g/mol. The lowest BCUT2D eigenvalue weighted by atomic mass is 10.0. The zero-order chi connectivity index (χ0) is 28.6. The zero-order valence-corrected chi connectivity index (χ0v) is 23.4. The molecule has 0 saturated heterocycles. The minimum atomic E-state index is -3.36. The molecule has 0 spiro atoms. The number of hydrogen-bond donors (Lipinski definition) is 2. The molecule has 0 aliphatic heterocycles. The van der Waals surface area contributed by atoms with Gasteiger partial charge >= 0.3 is 5.97 Å². The molecule has 1 amide bonds. The van der Waals surface area contributed by atoms with Crippen molar-refractivity contribution in [2.45, 2.75) is 11.4 Å². The van der Waals surface area contributed by atoms with E-state index >= 15 is 0 Å². The van der Waals surface area contributed by atoms with Crippen LogP contribution in [0.1, 0.15) is 26.4 Å². The summed E-state index contributed by atoms with van der Waals surface area (Å²) >= 11 is 12.2. The Morgan fingerprint density at radius 3 is 2.15 bits per heavy atom. The maximum absolute atomic E-state index is 13.1. The number of benzene rings is 4.